The fourth-order valence-electron chi connectivity index (χ4n) is 1.37. The molecule has 0 aliphatic heterocycles. The first-order valence-corrected chi connectivity index (χ1v) is 6.90. The lowest BCUT2D eigenvalue weighted by atomic mass is 10.1. The molecular formula is C11H15NO4S. The Morgan fingerprint density at radius 3 is 2.59 bits per heavy atom. The SMILES string of the molecule is CCc1ccccc1NS(=O)(=O)CCC(=O)O. The zero-order valence-electron chi connectivity index (χ0n) is 9.51. The number of aliphatic carboxylic acids is 1. The highest BCUT2D eigenvalue weighted by atomic mass is 32.2. The summed E-state index contributed by atoms with van der Waals surface area (Å²) >= 11 is 0. The van der Waals surface area contributed by atoms with Crippen molar-refractivity contribution >= 4 is 21.7 Å². The zero-order valence-corrected chi connectivity index (χ0v) is 10.3. The number of anilines is 1. The number of hydrogen-bond acceptors (Lipinski definition) is 3. The molecule has 0 unspecified atom stereocenters. The molecule has 0 spiro atoms. The van der Waals surface area contributed by atoms with Gasteiger partial charge in [0.2, 0.25) is 10.0 Å². The van der Waals surface area contributed by atoms with Crippen LogP contribution in [0.5, 0.6) is 0 Å². The van der Waals surface area contributed by atoms with E-state index in [2.05, 4.69) is 4.72 Å². The van der Waals surface area contributed by atoms with Gasteiger partial charge in [0.1, 0.15) is 0 Å². The monoisotopic (exact) mass is 257 g/mol. The molecule has 94 valence electrons. The van der Waals surface area contributed by atoms with Gasteiger partial charge in [0.05, 0.1) is 17.9 Å². The maximum atomic E-state index is 11.6. The van der Waals surface area contributed by atoms with E-state index in [9.17, 15) is 13.2 Å². The Balaban J connectivity index is 2.79. The van der Waals surface area contributed by atoms with Gasteiger partial charge in [-0.1, -0.05) is 25.1 Å². The minimum Gasteiger partial charge on any atom is -0.481 e. The molecule has 0 saturated carbocycles. The maximum absolute atomic E-state index is 11.6. The highest BCUT2D eigenvalue weighted by molar-refractivity contribution is 7.92. The first kappa shape index (κ1) is 13.5. The summed E-state index contributed by atoms with van der Waals surface area (Å²) in [5.41, 5.74) is 1.40. The first-order chi connectivity index (χ1) is 7.94. The molecule has 0 radical (unpaired) electrons. The first-order valence-electron chi connectivity index (χ1n) is 5.25. The van der Waals surface area contributed by atoms with Crippen LogP contribution in [-0.4, -0.2) is 25.2 Å². The number of carboxylic acid groups (broad SMARTS) is 1. The van der Waals surface area contributed by atoms with Crippen LogP contribution >= 0.6 is 0 Å². The summed E-state index contributed by atoms with van der Waals surface area (Å²) in [7, 11) is -3.59. The molecule has 0 aliphatic rings. The third-order valence-electron chi connectivity index (χ3n) is 2.25. The molecule has 0 atom stereocenters. The lowest BCUT2D eigenvalue weighted by Crippen LogP contribution is -2.19. The van der Waals surface area contributed by atoms with Crippen LogP contribution < -0.4 is 4.72 Å². The van der Waals surface area contributed by atoms with E-state index in [1.54, 1.807) is 12.1 Å². The Labute approximate surface area is 101 Å². The third kappa shape index (κ3) is 4.44. The van der Waals surface area contributed by atoms with Gasteiger partial charge in [0, 0.05) is 0 Å². The quantitative estimate of drug-likeness (QED) is 0.808. The zero-order chi connectivity index (χ0) is 12.9. The van der Waals surface area contributed by atoms with E-state index < -0.39 is 28.2 Å². The molecule has 2 N–H and O–H groups in total. The van der Waals surface area contributed by atoms with Crippen LogP contribution in [0, 0.1) is 0 Å². The molecule has 5 nitrogen and oxygen atoms in total. The van der Waals surface area contributed by atoms with Crippen molar-refractivity contribution in [1.29, 1.82) is 0 Å². The summed E-state index contributed by atoms with van der Waals surface area (Å²) in [4.78, 5) is 10.3. The molecule has 6 heteroatoms. The largest absolute Gasteiger partial charge is 0.481 e. The van der Waals surface area contributed by atoms with Crippen LogP contribution in [0.25, 0.3) is 0 Å². The maximum Gasteiger partial charge on any atom is 0.304 e. The van der Waals surface area contributed by atoms with Crippen LogP contribution in [0.15, 0.2) is 24.3 Å². The molecule has 0 fully saturated rings. The number of benzene rings is 1. The Morgan fingerprint density at radius 2 is 2.00 bits per heavy atom. The molecule has 0 amide bonds. The fourth-order valence-corrected chi connectivity index (χ4v) is 2.45. The van der Waals surface area contributed by atoms with Crippen molar-refractivity contribution < 1.29 is 18.3 Å². The van der Waals surface area contributed by atoms with Gasteiger partial charge in [-0.15, -0.1) is 0 Å². The number of sulfonamides is 1. The van der Waals surface area contributed by atoms with Gasteiger partial charge < -0.3 is 5.11 Å². The minimum atomic E-state index is -3.59. The van der Waals surface area contributed by atoms with Gasteiger partial charge in [-0.25, -0.2) is 8.42 Å². The summed E-state index contributed by atoms with van der Waals surface area (Å²) in [5.74, 6) is -1.54. The lowest BCUT2D eigenvalue weighted by Gasteiger charge is -2.10. The topological polar surface area (TPSA) is 83.5 Å². The van der Waals surface area contributed by atoms with Gasteiger partial charge >= 0.3 is 5.97 Å². The highest BCUT2D eigenvalue weighted by Crippen LogP contribution is 2.17. The van der Waals surface area contributed by atoms with Crippen molar-refractivity contribution in [2.45, 2.75) is 19.8 Å². The van der Waals surface area contributed by atoms with Crippen molar-refractivity contribution in [1.82, 2.24) is 0 Å². The van der Waals surface area contributed by atoms with Crippen molar-refractivity contribution in [3.8, 4) is 0 Å². The van der Waals surface area contributed by atoms with Crippen molar-refractivity contribution in [2.75, 3.05) is 10.5 Å². The van der Waals surface area contributed by atoms with E-state index in [0.29, 0.717) is 12.1 Å². The van der Waals surface area contributed by atoms with E-state index >= 15 is 0 Å². The number of para-hydroxylation sites is 1. The number of carboxylic acids is 1. The number of rotatable bonds is 6. The highest BCUT2D eigenvalue weighted by Gasteiger charge is 2.14. The fraction of sp³-hybridized carbons (Fsp3) is 0.364. The predicted octanol–water partition coefficient (Wildman–Crippen LogP) is 1.47. The minimum absolute atomic E-state index is 0.399. The Morgan fingerprint density at radius 1 is 1.35 bits per heavy atom. The Hall–Kier alpha value is -1.56. The lowest BCUT2D eigenvalue weighted by molar-refractivity contribution is -0.136. The third-order valence-corrected chi connectivity index (χ3v) is 3.52. The standard InChI is InChI=1S/C11H15NO4S/c1-2-9-5-3-4-6-10(9)12-17(15,16)8-7-11(13)14/h3-6,12H,2,7-8H2,1H3,(H,13,14). The molecule has 1 rings (SSSR count). The van der Waals surface area contributed by atoms with Crippen LogP contribution in [0.4, 0.5) is 5.69 Å². The molecule has 0 bridgehead atoms. The van der Waals surface area contributed by atoms with E-state index in [1.807, 2.05) is 19.1 Å². The molecule has 1 aromatic carbocycles. The molecule has 1 aromatic rings. The second-order valence-corrected chi connectivity index (χ2v) is 5.42. The van der Waals surface area contributed by atoms with Gasteiger partial charge in [-0.05, 0) is 18.1 Å². The van der Waals surface area contributed by atoms with E-state index in [4.69, 9.17) is 5.11 Å². The van der Waals surface area contributed by atoms with Crippen molar-refractivity contribution in [3.63, 3.8) is 0 Å². The van der Waals surface area contributed by atoms with Crippen LogP contribution in [0.1, 0.15) is 18.9 Å². The average Bonchev–Trinajstić information content (AvgIpc) is 2.27. The van der Waals surface area contributed by atoms with Crippen LogP contribution in [0.2, 0.25) is 0 Å². The Bertz CT molecular complexity index is 496. The van der Waals surface area contributed by atoms with E-state index in [-0.39, 0.29) is 0 Å². The molecule has 0 saturated heterocycles. The molecule has 0 aromatic heterocycles. The normalized spacial score (nSPS) is 11.1. The average molecular weight is 257 g/mol. The number of aryl methyl sites for hydroxylation is 1. The number of nitrogens with one attached hydrogen (secondary N) is 1. The second kappa shape index (κ2) is 5.67. The molecule has 0 heterocycles. The van der Waals surface area contributed by atoms with Crippen LogP contribution in [-0.2, 0) is 21.2 Å². The summed E-state index contributed by atoms with van der Waals surface area (Å²) in [5, 5.41) is 8.45. The molecule has 0 aliphatic carbocycles. The summed E-state index contributed by atoms with van der Waals surface area (Å²) in [6.07, 6.45) is 0.307. The summed E-state index contributed by atoms with van der Waals surface area (Å²) < 4.78 is 25.6. The van der Waals surface area contributed by atoms with E-state index in [0.717, 1.165) is 5.56 Å². The smallest absolute Gasteiger partial charge is 0.304 e. The van der Waals surface area contributed by atoms with Gasteiger partial charge in [-0.2, -0.15) is 0 Å². The summed E-state index contributed by atoms with van der Waals surface area (Å²) in [6.45, 7) is 1.92. The van der Waals surface area contributed by atoms with Crippen LogP contribution in [0.3, 0.4) is 0 Å². The second-order valence-electron chi connectivity index (χ2n) is 3.58. The van der Waals surface area contributed by atoms with Gasteiger partial charge in [0.15, 0.2) is 0 Å². The van der Waals surface area contributed by atoms with Crippen molar-refractivity contribution in [3.05, 3.63) is 29.8 Å². The van der Waals surface area contributed by atoms with E-state index in [1.165, 1.54) is 0 Å². The number of hydrogen-bond donors (Lipinski definition) is 2. The van der Waals surface area contributed by atoms with Crippen molar-refractivity contribution in [2.24, 2.45) is 0 Å². The Kier molecular flexibility index (Phi) is 4.51. The van der Waals surface area contributed by atoms with Gasteiger partial charge in [-0.3, -0.25) is 9.52 Å². The predicted molar refractivity (Wildman–Crippen MR) is 65.5 cm³/mol. The molecular weight excluding hydrogens is 242 g/mol. The summed E-state index contributed by atoms with van der Waals surface area (Å²) in [6, 6.07) is 7.05. The molecule has 17 heavy (non-hydrogen) atoms. The van der Waals surface area contributed by atoms with Gasteiger partial charge in [0.25, 0.3) is 0 Å². The number of carbonyl (C=O) groups is 1.